The quantitative estimate of drug-likeness (QED) is 0.916. The van der Waals surface area contributed by atoms with Gasteiger partial charge in [0.05, 0.1) is 0 Å². The highest BCUT2D eigenvalue weighted by Gasteiger charge is 2.08. The molecule has 0 radical (unpaired) electrons. The van der Waals surface area contributed by atoms with Crippen LogP contribution in [0.3, 0.4) is 0 Å². The van der Waals surface area contributed by atoms with Crippen molar-refractivity contribution in [2.24, 2.45) is 0 Å². The number of halogens is 3. The van der Waals surface area contributed by atoms with Crippen molar-refractivity contribution in [2.45, 2.75) is 6.54 Å². The number of carbonyl (C=O) groups excluding carboxylic acids is 1. The lowest BCUT2D eigenvalue weighted by Gasteiger charge is -2.06. The molecule has 1 N–H and O–H groups in total. The molecule has 2 aromatic carbocycles. The van der Waals surface area contributed by atoms with E-state index in [1.54, 1.807) is 24.3 Å². The molecular formula is C14H10BrF2NO. The molecule has 0 atom stereocenters. The van der Waals surface area contributed by atoms with Crippen LogP contribution in [-0.4, -0.2) is 5.91 Å². The Morgan fingerprint density at radius 3 is 2.63 bits per heavy atom. The molecule has 1 amide bonds. The lowest BCUT2D eigenvalue weighted by atomic mass is 10.2. The van der Waals surface area contributed by atoms with Crippen molar-refractivity contribution in [3.05, 3.63) is 69.7 Å². The number of hydrogen-bond acceptors (Lipinski definition) is 1. The van der Waals surface area contributed by atoms with Crippen molar-refractivity contribution in [3.63, 3.8) is 0 Å². The lowest BCUT2D eigenvalue weighted by molar-refractivity contribution is 0.0950. The minimum Gasteiger partial charge on any atom is -0.348 e. The third-order valence-electron chi connectivity index (χ3n) is 2.54. The van der Waals surface area contributed by atoms with Gasteiger partial charge < -0.3 is 5.32 Å². The highest BCUT2D eigenvalue weighted by atomic mass is 79.9. The van der Waals surface area contributed by atoms with Crippen molar-refractivity contribution in [1.29, 1.82) is 0 Å². The highest BCUT2D eigenvalue weighted by molar-refractivity contribution is 9.10. The SMILES string of the molecule is O=C(NCc1ccc(F)cc1F)c1cccc(Br)c1. The summed E-state index contributed by atoms with van der Waals surface area (Å²) in [6.45, 7) is 0.0114. The number of nitrogens with one attached hydrogen (secondary N) is 1. The summed E-state index contributed by atoms with van der Waals surface area (Å²) >= 11 is 3.26. The van der Waals surface area contributed by atoms with Crippen LogP contribution in [0.2, 0.25) is 0 Å². The molecule has 0 saturated carbocycles. The van der Waals surface area contributed by atoms with E-state index in [9.17, 15) is 13.6 Å². The standard InChI is InChI=1S/C14H10BrF2NO/c15-11-3-1-2-9(6-11)14(19)18-8-10-4-5-12(16)7-13(10)17/h1-7H,8H2,(H,18,19). The Kier molecular flexibility index (Phi) is 4.27. The number of hydrogen-bond donors (Lipinski definition) is 1. The molecule has 0 fully saturated rings. The van der Waals surface area contributed by atoms with Gasteiger partial charge in [0, 0.05) is 28.2 Å². The van der Waals surface area contributed by atoms with E-state index in [0.717, 1.165) is 16.6 Å². The van der Waals surface area contributed by atoms with Crippen LogP contribution in [0.15, 0.2) is 46.9 Å². The first-order valence-electron chi connectivity index (χ1n) is 5.54. The van der Waals surface area contributed by atoms with E-state index in [-0.39, 0.29) is 18.0 Å². The van der Waals surface area contributed by atoms with Crippen LogP contribution in [-0.2, 0) is 6.54 Å². The lowest BCUT2D eigenvalue weighted by Crippen LogP contribution is -2.23. The maximum absolute atomic E-state index is 13.4. The summed E-state index contributed by atoms with van der Waals surface area (Å²) in [6, 6.07) is 10.1. The van der Waals surface area contributed by atoms with E-state index in [2.05, 4.69) is 21.2 Å². The first kappa shape index (κ1) is 13.7. The first-order chi connectivity index (χ1) is 9.06. The Morgan fingerprint density at radius 1 is 1.16 bits per heavy atom. The minimum absolute atomic E-state index is 0.0114. The van der Waals surface area contributed by atoms with Gasteiger partial charge in [0.1, 0.15) is 11.6 Å². The molecule has 2 nitrogen and oxygen atoms in total. The smallest absolute Gasteiger partial charge is 0.251 e. The zero-order chi connectivity index (χ0) is 13.8. The summed E-state index contributed by atoms with van der Waals surface area (Å²) in [5, 5.41) is 2.58. The molecular weight excluding hydrogens is 316 g/mol. The van der Waals surface area contributed by atoms with E-state index < -0.39 is 11.6 Å². The van der Waals surface area contributed by atoms with Gasteiger partial charge in [-0.2, -0.15) is 0 Å². The molecule has 5 heteroatoms. The number of amides is 1. The molecule has 2 aromatic rings. The van der Waals surface area contributed by atoms with Crippen molar-refractivity contribution in [3.8, 4) is 0 Å². The molecule has 98 valence electrons. The van der Waals surface area contributed by atoms with E-state index in [0.29, 0.717) is 5.56 Å². The molecule has 2 rings (SSSR count). The minimum atomic E-state index is -0.672. The third kappa shape index (κ3) is 3.61. The average Bonchev–Trinajstić information content (AvgIpc) is 2.37. The summed E-state index contributed by atoms with van der Waals surface area (Å²) in [4.78, 5) is 11.8. The van der Waals surface area contributed by atoms with Gasteiger partial charge in [-0.25, -0.2) is 8.78 Å². The van der Waals surface area contributed by atoms with Crippen molar-refractivity contribution >= 4 is 21.8 Å². The van der Waals surface area contributed by atoms with Gasteiger partial charge in [-0.15, -0.1) is 0 Å². The largest absolute Gasteiger partial charge is 0.348 e. The van der Waals surface area contributed by atoms with Crippen LogP contribution < -0.4 is 5.32 Å². The van der Waals surface area contributed by atoms with Crippen LogP contribution in [0.1, 0.15) is 15.9 Å². The van der Waals surface area contributed by atoms with Crippen LogP contribution in [0.25, 0.3) is 0 Å². The Bertz CT molecular complexity index is 616. The Balaban J connectivity index is 2.04. The molecule has 0 spiro atoms. The monoisotopic (exact) mass is 325 g/mol. The predicted octanol–water partition coefficient (Wildman–Crippen LogP) is 3.66. The maximum atomic E-state index is 13.4. The van der Waals surface area contributed by atoms with Gasteiger partial charge in [-0.1, -0.05) is 28.1 Å². The molecule has 0 saturated heterocycles. The Hall–Kier alpha value is -1.75. The van der Waals surface area contributed by atoms with Crippen LogP contribution in [0.4, 0.5) is 8.78 Å². The topological polar surface area (TPSA) is 29.1 Å². The van der Waals surface area contributed by atoms with Crippen molar-refractivity contribution < 1.29 is 13.6 Å². The molecule has 0 heterocycles. The second kappa shape index (κ2) is 5.93. The highest BCUT2D eigenvalue weighted by Crippen LogP contribution is 2.12. The van der Waals surface area contributed by atoms with E-state index in [1.165, 1.54) is 6.07 Å². The first-order valence-corrected chi connectivity index (χ1v) is 6.33. The van der Waals surface area contributed by atoms with Crippen LogP contribution in [0, 0.1) is 11.6 Å². The molecule has 0 bridgehead atoms. The zero-order valence-corrected chi connectivity index (χ0v) is 11.4. The Labute approximate surface area is 117 Å². The third-order valence-corrected chi connectivity index (χ3v) is 3.03. The maximum Gasteiger partial charge on any atom is 0.251 e. The molecule has 0 unspecified atom stereocenters. The zero-order valence-electron chi connectivity index (χ0n) is 9.79. The summed E-state index contributed by atoms with van der Waals surface area (Å²) < 4.78 is 26.9. The van der Waals surface area contributed by atoms with Gasteiger partial charge in [-0.3, -0.25) is 4.79 Å². The molecule has 0 aromatic heterocycles. The van der Waals surface area contributed by atoms with Crippen molar-refractivity contribution in [1.82, 2.24) is 5.32 Å². The van der Waals surface area contributed by atoms with E-state index >= 15 is 0 Å². The second-order valence-electron chi connectivity index (χ2n) is 3.93. The van der Waals surface area contributed by atoms with E-state index in [4.69, 9.17) is 0 Å². The summed E-state index contributed by atoms with van der Waals surface area (Å²) in [5.74, 6) is -1.63. The number of benzene rings is 2. The van der Waals surface area contributed by atoms with E-state index in [1.807, 2.05) is 0 Å². The fourth-order valence-corrected chi connectivity index (χ4v) is 1.97. The Morgan fingerprint density at radius 2 is 1.95 bits per heavy atom. The predicted molar refractivity (Wildman–Crippen MR) is 71.7 cm³/mol. The normalized spacial score (nSPS) is 10.3. The second-order valence-corrected chi connectivity index (χ2v) is 4.84. The van der Waals surface area contributed by atoms with Gasteiger partial charge in [-0.05, 0) is 24.3 Å². The van der Waals surface area contributed by atoms with Crippen molar-refractivity contribution in [2.75, 3.05) is 0 Å². The summed E-state index contributed by atoms with van der Waals surface area (Å²) in [7, 11) is 0. The molecule has 0 aliphatic rings. The van der Waals surface area contributed by atoms with Gasteiger partial charge in [0.25, 0.3) is 5.91 Å². The molecule has 19 heavy (non-hydrogen) atoms. The number of rotatable bonds is 3. The molecule has 0 aliphatic carbocycles. The van der Waals surface area contributed by atoms with Gasteiger partial charge >= 0.3 is 0 Å². The van der Waals surface area contributed by atoms with Crippen LogP contribution in [0.5, 0.6) is 0 Å². The van der Waals surface area contributed by atoms with Crippen LogP contribution >= 0.6 is 15.9 Å². The average molecular weight is 326 g/mol. The number of carbonyl (C=O) groups is 1. The fourth-order valence-electron chi connectivity index (χ4n) is 1.57. The summed E-state index contributed by atoms with van der Waals surface area (Å²) in [5.41, 5.74) is 0.710. The summed E-state index contributed by atoms with van der Waals surface area (Å²) in [6.07, 6.45) is 0. The van der Waals surface area contributed by atoms with Gasteiger partial charge in [0.2, 0.25) is 0 Å². The van der Waals surface area contributed by atoms with Gasteiger partial charge in [0.15, 0.2) is 0 Å². The fraction of sp³-hybridized carbons (Fsp3) is 0.0714. The molecule has 0 aliphatic heterocycles.